The van der Waals surface area contributed by atoms with Crippen LogP contribution in [0.15, 0.2) is 28.7 Å². The van der Waals surface area contributed by atoms with Gasteiger partial charge in [-0.25, -0.2) is 4.79 Å². The van der Waals surface area contributed by atoms with E-state index in [1.807, 2.05) is 37.8 Å². The molecule has 0 bridgehead atoms. The number of halogens is 1. The summed E-state index contributed by atoms with van der Waals surface area (Å²) in [6.45, 7) is 9.28. The number of piperazine rings is 1. The molecule has 1 N–H and O–H groups in total. The van der Waals surface area contributed by atoms with Crippen molar-refractivity contribution >= 4 is 27.6 Å². The third kappa shape index (κ3) is 4.13. The maximum atomic E-state index is 12.1. The van der Waals surface area contributed by atoms with Crippen molar-refractivity contribution in [2.45, 2.75) is 26.3 Å². The van der Waals surface area contributed by atoms with Gasteiger partial charge in [0.15, 0.2) is 0 Å². The third-order valence-corrected chi connectivity index (χ3v) is 3.77. The molecule has 1 aliphatic rings. The van der Waals surface area contributed by atoms with Crippen LogP contribution in [0.2, 0.25) is 0 Å². The molecule has 2 amide bonds. The molecule has 4 nitrogen and oxygen atoms in total. The van der Waals surface area contributed by atoms with Gasteiger partial charge in [-0.1, -0.05) is 15.9 Å². The Morgan fingerprint density at radius 2 is 1.65 bits per heavy atom. The van der Waals surface area contributed by atoms with E-state index in [2.05, 4.69) is 38.3 Å². The van der Waals surface area contributed by atoms with Crippen LogP contribution in [0, 0.1) is 0 Å². The first-order chi connectivity index (χ1) is 9.35. The number of nitrogens with zero attached hydrogens (tertiary/aromatic N) is 2. The minimum absolute atomic E-state index is 0.0351. The second-order valence-electron chi connectivity index (χ2n) is 6.13. The van der Waals surface area contributed by atoms with E-state index in [1.165, 1.54) is 5.69 Å². The van der Waals surface area contributed by atoms with Crippen molar-refractivity contribution in [1.29, 1.82) is 0 Å². The standard InChI is InChI=1S/C15H22BrN3O/c1-15(2,3)17-14(20)19-10-8-18(9-11-19)13-6-4-12(16)5-7-13/h4-7H,8-11H2,1-3H3,(H,17,20). The highest BCUT2D eigenvalue weighted by molar-refractivity contribution is 9.10. The van der Waals surface area contributed by atoms with Crippen molar-refractivity contribution in [3.63, 3.8) is 0 Å². The molecule has 1 aromatic rings. The van der Waals surface area contributed by atoms with E-state index >= 15 is 0 Å². The number of amides is 2. The number of carbonyl (C=O) groups excluding carboxylic acids is 1. The number of nitrogens with one attached hydrogen (secondary N) is 1. The Labute approximate surface area is 129 Å². The summed E-state index contributed by atoms with van der Waals surface area (Å²) in [4.78, 5) is 16.3. The molecular weight excluding hydrogens is 318 g/mol. The van der Waals surface area contributed by atoms with Gasteiger partial charge in [-0.05, 0) is 45.0 Å². The maximum absolute atomic E-state index is 12.1. The van der Waals surface area contributed by atoms with E-state index in [4.69, 9.17) is 0 Å². The molecule has 0 unspecified atom stereocenters. The molecule has 20 heavy (non-hydrogen) atoms. The number of hydrogen-bond donors (Lipinski definition) is 1. The minimum atomic E-state index is -0.181. The summed E-state index contributed by atoms with van der Waals surface area (Å²) >= 11 is 3.45. The average Bonchev–Trinajstić information content (AvgIpc) is 2.38. The summed E-state index contributed by atoms with van der Waals surface area (Å²) in [6, 6.07) is 8.35. The van der Waals surface area contributed by atoms with Gasteiger partial charge in [-0.3, -0.25) is 0 Å². The molecule has 110 valence electrons. The second-order valence-corrected chi connectivity index (χ2v) is 7.05. The molecular formula is C15H22BrN3O. The predicted molar refractivity (Wildman–Crippen MR) is 86.2 cm³/mol. The van der Waals surface area contributed by atoms with Crippen LogP contribution in [-0.4, -0.2) is 42.6 Å². The molecule has 0 saturated carbocycles. The van der Waals surface area contributed by atoms with Crippen molar-refractivity contribution in [3.8, 4) is 0 Å². The fourth-order valence-electron chi connectivity index (χ4n) is 2.22. The first kappa shape index (κ1) is 15.2. The second kappa shape index (κ2) is 6.04. The van der Waals surface area contributed by atoms with Crippen LogP contribution in [0.25, 0.3) is 0 Å². The number of benzene rings is 1. The maximum Gasteiger partial charge on any atom is 0.317 e. The van der Waals surface area contributed by atoms with Gasteiger partial charge < -0.3 is 15.1 Å². The Hall–Kier alpha value is -1.23. The fraction of sp³-hybridized carbons (Fsp3) is 0.533. The Bertz CT molecular complexity index is 459. The van der Waals surface area contributed by atoms with Crippen LogP contribution in [0.4, 0.5) is 10.5 Å². The number of hydrogen-bond acceptors (Lipinski definition) is 2. The van der Waals surface area contributed by atoms with Gasteiger partial charge in [0.05, 0.1) is 0 Å². The third-order valence-electron chi connectivity index (χ3n) is 3.24. The highest BCUT2D eigenvalue weighted by atomic mass is 79.9. The zero-order valence-electron chi connectivity index (χ0n) is 12.3. The van der Waals surface area contributed by atoms with Crippen molar-refractivity contribution in [2.75, 3.05) is 31.1 Å². The summed E-state index contributed by atoms with van der Waals surface area (Å²) in [5.41, 5.74) is 1.03. The zero-order valence-corrected chi connectivity index (χ0v) is 13.9. The van der Waals surface area contributed by atoms with Crippen molar-refractivity contribution in [2.24, 2.45) is 0 Å². The number of carbonyl (C=O) groups is 1. The van der Waals surface area contributed by atoms with Crippen LogP contribution in [0.1, 0.15) is 20.8 Å². The minimum Gasteiger partial charge on any atom is -0.368 e. The van der Waals surface area contributed by atoms with Gasteiger partial charge in [0.25, 0.3) is 0 Å². The van der Waals surface area contributed by atoms with Gasteiger partial charge in [0, 0.05) is 41.9 Å². The van der Waals surface area contributed by atoms with Crippen molar-refractivity contribution in [1.82, 2.24) is 10.2 Å². The Morgan fingerprint density at radius 1 is 1.10 bits per heavy atom. The lowest BCUT2D eigenvalue weighted by Crippen LogP contribution is -2.55. The van der Waals surface area contributed by atoms with E-state index in [9.17, 15) is 4.79 Å². The molecule has 0 spiro atoms. The van der Waals surface area contributed by atoms with Crippen molar-refractivity contribution in [3.05, 3.63) is 28.7 Å². The summed E-state index contributed by atoms with van der Waals surface area (Å²) < 4.78 is 1.09. The van der Waals surface area contributed by atoms with Gasteiger partial charge >= 0.3 is 6.03 Å². The zero-order chi connectivity index (χ0) is 14.8. The predicted octanol–water partition coefficient (Wildman–Crippen LogP) is 3.08. The largest absolute Gasteiger partial charge is 0.368 e. The average molecular weight is 340 g/mol. The van der Waals surface area contributed by atoms with Crippen LogP contribution >= 0.6 is 15.9 Å². The van der Waals surface area contributed by atoms with Gasteiger partial charge in [-0.2, -0.15) is 0 Å². The smallest absolute Gasteiger partial charge is 0.317 e. The number of urea groups is 1. The normalized spacial score (nSPS) is 16.2. The molecule has 0 aromatic heterocycles. The molecule has 1 saturated heterocycles. The van der Waals surface area contributed by atoms with Gasteiger partial charge in [0.1, 0.15) is 0 Å². The lowest BCUT2D eigenvalue weighted by molar-refractivity contribution is 0.185. The Morgan fingerprint density at radius 3 is 2.15 bits per heavy atom. The molecule has 1 aromatic carbocycles. The molecule has 1 fully saturated rings. The first-order valence-corrected chi connectivity index (χ1v) is 7.72. The molecule has 0 aliphatic carbocycles. The Balaban J connectivity index is 1.89. The highest BCUT2D eigenvalue weighted by Crippen LogP contribution is 2.19. The summed E-state index contributed by atoms with van der Waals surface area (Å²) in [7, 11) is 0. The van der Waals surface area contributed by atoms with Crippen LogP contribution < -0.4 is 10.2 Å². The number of anilines is 1. The van der Waals surface area contributed by atoms with E-state index in [-0.39, 0.29) is 11.6 Å². The lowest BCUT2D eigenvalue weighted by Gasteiger charge is -2.37. The SMILES string of the molecule is CC(C)(C)NC(=O)N1CCN(c2ccc(Br)cc2)CC1. The fourth-order valence-corrected chi connectivity index (χ4v) is 2.48. The molecule has 0 radical (unpaired) electrons. The molecule has 0 atom stereocenters. The molecule has 1 heterocycles. The van der Waals surface area contributed by atoms with Gasteiger partial charge in [0.2, 0.25) is 0 Å². The molecule has 1 aliphatic heterocycles. The summed E-state index contributed by atoms with van der Waals surface area (Å²) in [5.74, 6) is 0. The van der Waals surface area contributed by atoms with Gasteiger partial charge in [-0.15, -0.1) is 0 Å². The molecule has 2 rings (SSSR count). The summed E-state index contributed by atoms with van der Waals surface area (Å²) in [6.07, 6.45) is 0. The summed E-state index contributed by atoms with van der Waals surface area (Å²) in [5, 5.41) is 3.01. The highest BCUT2D eigenvalue weighted by Gasteiger charge is 2.23. The van der Waals surface area contributed by atoms with E-state index in [1.54, 1.807) is 0 Å². The lowest BCUT2D eigenvalue weighted by atomic mass is 10.1. The van der Waals surface area contributed by atoms with E-state index in [0.29, 0.717) is 0 Å². The number of rotatable bonds is 1. The topological polar surface area (TPSA) is 35.6 Å². The van der Waals surface area contributed by atoms with E-state index < -0.39 is 0 Å². The van der Waals surface area contributed by atoms with Crippen LogP contribution in [0.3, 0.4) is 0 Å². The Kier molecular flexibility index (Phi) is 4.58. The van der Waals surface area contributed by atoms with E-state index in [0.717, 1.165) is 30.7 Å². The van der Waals surface area contributed by atoms with Crippen LogP contribution in [-0.2, 0) is 0 Å². The molecule has 5 heteroatoms. The quantitative estimate of drug-likeness (QED) is 0.853. The monoisotopic (exact) mass is 339 g/mol. The van der Waals surface area contributed by atoms with Crippen molar-refractivity contribution < 1.29 is 4.79 Å². The first-order valence-electron chi connectivity index (χ1n) is 6.93. The van der Waals surface area contributed by atoms with Crippen LogP contribution in [0.5, 0.6) is 0 Å².